The highest BCUT2D eigenvalue weighted by molar-refractivity contribution is 6.00. The van der Waals surface area contributed by atoms with E-state index in [4.69, 9.17) is 9.73 Å². The molecule has 0 bridgehead atoms. The number of aliphatic imine (C=N–C) groups is 1. The molecular weight excluding hydrogens is 371 g/mol. The molecule has 2 heterocycles. The van der Waals surface area contributed by atoms with Gasteiger partial charge in [0, 0.05) is 32.6 Å². The summed E-state index contributed by atoms with van der Waals surface area (Å²) in [5, 5.41) is 6.92. The van der Waals surface area contributed by atoms with Gasteiger partial charge < -0.3 is 20.1 Å². The summed E-state index contributed by atoms with van der Waals surface area (Å²) in [7, 11) is 0. The van der Waals surface area contributed by atoms with Crippen molar-refractivity contribution in [3.63, 3.8) is 0 Å². The van der Waals surface area contributed by atoms with E-state index in [2.05, 4.69) is 15.4 Å². The fourth-order valence-electron chi connectivity index (χ4n) is 3.55. The summed E-state index contributed by atoms with van der Waals surface area (Å²) in [5.74, 6) is 0.540. The molecule has 4 rings (SSSR count). The molecule has 8 heteroatoms. The Balaban J connectivity index is 1.55. The highest BCUT2D eigenvalue weighted by atomic mass is 19.4. The van der Waals surface area contributed by atoms with Crippen LogP contribution in [0, 0.1) is 0 Å². The molecule has 1 saturated heterocycles. The fraction of sp³-hybridized carbons (Fsp3) is 0.350. The van der Waals surface area contributed by atoms with Crippen LogP contribution in [0.3, 0.4) is 0 Å². The number of fused-ring (bicyclic) bond motifs is 1. The number of ether oxygens (including phenoxy) is 2. The smallest absolute Gasteiger partial charge is 0.406 e. The van der Waals surface area contributed by atoms with E-state index in [0.717, 1.165) is 30.1 Å². The Kier molecular flexibility index (Phi) is 4.89. The van der Waals surface area contributed by atoms with E-state index in [1.165, 1.54) is 12.1 Å². The molecule has 28 heavy (non-hydrogen) atoms. The molecule has 2 aromatic carbocycles. The number of nitrogens with one attached hydrogen (secondary N) is 2. The number of halogens is 3. The summed E-state index contributed by atoms with van der Waals surface area (Å²) in [6.07, 6.45) is -3.20. The van der Waals surface area contributed by atoms with E-state index in [0.29, 0.717) is 25.3 Å². The van der Waals surface area contributed by atoms with Crippen LogP contribution in [-0.2, 0) is 11.3 Å². The first-order valence-corrected chi connectivity index (χ1v) is 9.06. The highest BCUT2D eigenvalue weighted by Gasteiger charge is 2.40. The van der Waals surface area contributed by atoms with Gasteiger partial charge in [-0.15, -0.1) is 13.2 Å². The number of para-hydroxylation sites is 2. The Morgan fingerprint density at radius 3 is 2.68 bits per heavy atom. The standard InChI is InChI=1S/C20H20F3N3O2/c21-20(22,23)28-15-5-3-4-14(12-15)13-24-18-19(8-10-27-11-9-19)26-17-7-2-1-6-16(17)25-18/h1-7,12,26H,8-11,13H2,(H,24,25). The Morgan fingerprint density at radius 1 is 1.11 bits per heavy atom. The summed E-state index contributed by atoms with van der Waals surface area (Å²) in [5.41, 5.74) is 2.10. The largest absolute Gasteiger partial charge is 0.573 e. The number of benzene rings is 2. The average molecular weight is 391 g/mol. The summed E-state index contributed by atoms with van der Waals surface area (Å²) in [4.78, 5) is 4.80. The summed E-state index contributed by atoms with van der Waals surface area (Å²) in [6, 6.07) is 13.7. The minimum atomic E-state index is -4.71. The highest BCUT2D eigenvalue weighted by Crippen LogP contribution is 2.37. The van der Waals surface area contributed by atoms with E-state index in [9.17, 15) is 13.2 Å². The second kappa shape index (κ2) is 7.35. The molecule has 0 radical (unpaired) electrons. The van der Waals surface area contributed by atoms with E-state index in [1.807, 2.05) is 24.3 Å². The lowest BCUT2D eigenvalue weighted by atomic mass is 9.86. The quantitative estimate of drug-likeness (QED) is 0.815. The molecule has 0 amide bonds. The van der Waals surface area contributed by atoms with Crippen LogP contribution < -0.4 is 15.4 Å². The van der Waals surface area contributed by atoms with E-state index in [1.54, 1.807) is 12.1 Å². The molecule has 5 nitrogen and oxygen atoms in total. The second-order valence-corrected chi connectivity index (χ2v) is 6.85. The summed E-state index contributed by atoms with van der Waals surface area (Å²) >= 11 is 0. The minimum Gasteiger partial charge on any atom is -0.406 e. The zero-order valence-electron chi connectivity index (χ0n) is 15.1. The lowest BCUT2D eigenvalue weighted by Crippen LogP contribution is -2.56. The molecule has 148 valence electrons. The second-order valence-electron chi connectivity index (χ2n) is 6.85. The predicted molar refractivity (Wildman–Crippen MR) is 99.9 cm³/mol. The Labute approximate surface area is 160 Å². The van der Waals surface area contributed by atoms with Crippen molar-refractivity contribution in [1.82, 2.24) is 5.32 Å². The monoisotopic (exact) mass is 391 g/mol. The van der Waals surface area contributed by atoms with Crippen LogP contribution in [0.4, 0.5) is 24.5 Å². The van der Waals surface area contributed by atoms with E-state index < -0.39 is 6.36 Å². The normalized spacial score (nSPS) is 18.0. The topological polar surface area (TPSA) is 54.9 Å². The molecule has 0 atom stereocenters. The molecule has 0 aliphatic carbocycles. The van der Waals surface area contributed by atoms with Gasteiger partial charge in [-0.25, -0.2) is 4.99 Å². The number of alkyl halides is 3. The van der Waals surface area contributed by atoms with Gasteiger partial charge in [0.05, 0.1) is 16.9 Å². The third kappa shape index (κ3) is 4.06. The van der Waals surface area contributed by atoms with Gasteiger partial charge in [0.2, 0.25) is 0 Å². The first-order chi connectivity index (χ1) is 13.4. The molecule has 0 saturated carbocycles. The van der Waals surface area contributed by atoms with Crippen molar-refractivity contribution in [2.75, 3.05) is 18.5 Å². The Morgan fingerprint density at radius 2 is 1.89 bits per heavy atom. The van der Waals surface area contributed by atoms with Gasteiger partial charge in [-0.2, -0.15) is 0 Å². The van der Waals surface area contributed by atoms with Gasteiger partial charge in [-0.05, 0) is 29.8 Å². The van der Waals surface area contributed by atoms with E-state index >= 15 is 0 Å². The zero-order chi connectivity index (χ0) is 19.6. The number of hydrogen-bond donors (Lipinski definition) is 2. The van der Waals surface area contributed by atoms with E-state index in [-0.39, 0.29) is 11.3 Å². The maximum atomic E-state index is 12.5. The molecule has 1 fully saturated rings. The SMILES string of the molecule is FC(F)(F)Oc1cccc(CNC2=Nc3ccccc3NC23CCOCC3)c1. The predicted octanol–water partition coefficient (Wildman–Crippen LogP) is 4.38. The molecule has 1 spiro atoms. The number of rotatable bonds is 3. The van der Waals surface area contributed by atoms with Crippen LogP contribution >= 0.6 is 0 Å². The minimum absolute atomic E-state index is 0.235. The third-order valence-electron chi connectivity index (χ3n) is 4.90. The summed E-state index contributed by atoms with van der Waals surface area (Å²) < 4.78 is 46.9. The van der Waals surface area contributed by atoms with Crippen molar-refractivity contribution in [3.8, 4) is 5.75 Å². The van der Waals surface area contributed by atoms with Gasteiger partial charge in [0.1, 0.15) is 11.6 Å². The van der Waals surface area contributed by atoms with Crippen molar-refractivity contribution < 1.29 is 22.6 Å². The van der Waals surface area contributed by atoms with Gasteiger partial charge in [-0.1, -0.05) is 24.3 Å². The van der Waals surface area contributed by atoms with Crippen molar-refractivity contribution in [3.05, 3.63) is 54.1 Å². The molecule has 0 aromatic heterocycles. The van der Waals surface area contributed by atoms with Crippen molar-refractivity contribution in [2.24, 2.45) is 4.99 Å². The lowest BCUT2D eigenvalue weighted by Gasteiger charge is -2.42. The maximum Gasteiger partial charge on any atom is 0.573 e. The van der Waals surface area contributed by atoms with Crippen LogP contribution in [0.15, 0.2) is 53.5 Å². The number of hydrogen-bond acceptors (Lipinski definition) is 5. The molecule has 0 unspecified atom stereocenters. The zero-order valence-corrected chi connectivity index (χ0v) is 15.1. The third-order valence-corrected chi connectivity index (χ3v) is 4.90. The van der Waals surface area contributed by atoms with Gasteiger partial charge >= 0.3 is 6.36 Å². The maximum absolute atomic E-state index is 12.5. The van der Waals surface area contributed by atoms with Gasteiger partial charge in [0.25, 0.3) is 0 Å². The lowest BCUT2D eigenvalue weighted by molar-refractivity contribution is -0.274. The van der Waals surface area contributed by atoms with Crippen molar-refractivity contribution >= 4 is 17.2 Å². The molecular formula is C20H20F3N3O2. The van der Waals surface area contributed by atoms with Crippen molar-refractivity contribution in [1.29, 1.82) is 0 Å². The fourth-order valence-corrected chi connectivity index (χ4v) is 3.55. The molecule has 2 aliphatic heterocycles. The van der Waals surface area contributed by atoms with Crippen LogP contribution in [0.1, 0.15) is 18.4 Å². The first kappa shape index (κ1) is 18.6. The Bertz CT molecular complexity index is 877. The van der Waals surface area contributed by atoms with Crippen LogP contribution in [0.25, 0.3) is 0 Å². The first-order valence-electron chi connectivity index (χ1n) is 9.06. The van der Waals surface area contributed by atoms with Gasteiger partial charge in [-0.3, -0.25) is 0 Å². The van der Waals surface area contributed by atoms with Crippen LogP contribution in [0.2, 0.25) is 0 Å². The summed E-state index contributed by atoms with van der Waals surface area (Å²) in [6.45, 7) is 1.57. The number of amidine groups is 1. The van der Waals surface area contributed by atoms with Gasteiger partial charge in [0.15, 0.2) is 0 Å². The molecule has 2 aliphatic rings. The van der Waals surface area contributed by atoms with Crippen LogP contribution in [0.5, 0.6) is 5.75 Å². The van der Waals surface area contributed by atoms with Crippen LogP contribution in [-0.4, -0.2) is 31.0 Å². The number of anilines is 1. The number of nitrogens with zero attached hydrogens (tertiary/aromatic N) is 1. The average Bonchev–Trinajstić information content (AvgIpc) is 2.66. The molecule has 2 aromatic rings. The Hall–Kier alpha value is -2.74. The van der Waals surface area contributed by atoms with Crippen molar-refractivity contribution in [2.45, 2.75) is 31.3 Å². The molecule has 2 N–H and O–H groups in total.